The van der Waals surface area contributed by atoms with Crippen LogP contribution in [-0.2, 0) is 6.54 Å². The average molecular weight is 394 g/mol. The number of halogens is 2. The maximum atomic E-state index is 13.1. The molecule has 0 aliphatic heterocycles. The third-order valence-corrected chi connectivity index (χ3v) is 4.00. The van der Waals surface area contributed by atoms with Crippen molar-refractivity contribution in [3.8, 4) is 11.4 Å². The molecule has 2 aromatic carbocycles. The first-order chi connectivity index (χ1) is 12.9. The molecule has 1 heterocycles. The van der Waals surface area contributed by atoms with Gasteiger partial charge >= 0.3 is 5.82 Å². The largest absolute Gasteiger partial charge is 0.497 e. The second-order valence-electron chi connectivity index (χ2n) is 5.33. The molecule has 0 spiro atoms. The van der Waals surface area contributed by atoms with E-state index in [0.29, 0.717) is 21.8 Å². The molecule has 0 fully saturated rings. The molecule has 0 aliphatic carbocycles. The lowest BCUT2D eigenvalue weighted by atomic mass is 10.2. The van der Waals surface area contributed by atoms with E-state index in [1.165, 1.54) is 19.2 Å². The van der Waals surface area contributed by atoms with E-state index < -0.39 is 16.6 Å². The Balaban J connectivity index is 2.06. The lowest BCUT2D eigenvalue weighted by Crippen LogP contribution is -2.22. The van der Waals surface area contributed by atoms with Gasteiger partial charge in [0, 0.05) is 5.02 Å². The maximum Gasteiger partial charge on any atom is 0.438 e. The van der Waals surface area contributed by atoms with Crippen LogP contribution in [0.5, 0.6) is 5.75 Å². The summed E-state index contributed by atoms with van der Waals surface area (Å²) >= 11 is 5.93. The minimum atomic E-state index is -0.766. The lowest BCUT2D eigenvalue weighted by Gasteiger charge is -2.02. The van der Waals surface area contributed by atoms with Crippen molar-refractivity contribution in [3.05, 3.63) is 74.5 Å². The fourth-order valence-electron chi connectivity index (χ4n) is 2.30. The molecule has 0 bridgehead atoms. The zero-order valence-corrected chi connectivity index (χ0v) is 14.7. The van der Waals surface area contributed by atoms with E-state index in [2.05, 4.69) is 10.1 Å². The Morgan fingerprint density at radius 3 is 2.63 bits per heavy atom. The highest BCUT2D eigenvalue weighted by Gasteiger charge is 2.24. The molecule has 1 aromatic heterocycles. The Morgan fingerprint density at radius 2 is 2.04 bits per heavy atom. The zero-order valence-electron chi connectivity index (χ0n) is 13.9. The monoisotopic (exact) mass is 393 g/mol. The van der Waals surface area contributed by atoms with Crippen molar-refractivity contribution in [2.75, 3.05) is 7.11 Å². The van der Waals surface area contributed by atoms with E-state index >= 15 is 0 Å². The number of hydrogen-bond acceptors (Lipinski definition) is 6. The second kappa shape index (κ2) is 7.46. The molecule has 0 saturated heterocycles. The summed E-state index contributed by atoms with van der Waals surface area (Å²) in [6.45, 7) is -0.116. The maximum absolute atomic E-state index is 13.1. The number of methoxy groups -OCH3 is 1. The lowest BCUT2D eigenvalue weighted by molar-refractivity contribution is -0.391. The number of rotatable bonds is 5. The molecule has 140 valence electrons. The van der Waals surface area contributed by atoms with Crippen LogP contribution in [-0.4, -0.2) is 32.0 Å². The number of nitrogens with zero attached hydrogens (tertiary/aromatic N) is 5. The summed E-state index contributed by atoms with van der Waals surface area (Å²) in [4.78, 5) is 15.9. The smallest absolute Gasteiger partial charge is 0.438 e. The Labute approximate surface area is 156 Å². The van der Waals surface area contributed by atoms with Gasteiger partial charge < -0.3 is 20.1 Å². The number of hydrogen-bond donors (Lipinski definition) is 1. The number of aromatic nitrogens is 3. The van der Waals surface area contributed by atoms with E-state index in [-0.39, 0.29) is 17.1 Å². The molecule has 27 heavy (non-hydrogen) atoms. The summed E-state index contributed by atoms with van der Waals surface area (Å²) in [5.41, 5.74) is 0.406. The van der Waals surface area contributed by atoms with Crippen molar-refractivity contribution in [1.82, 2.24) is 14.7 Å². The van der Waals surface area contributed by atoms with E-state index in [1.807, 2.05) is 0 Å². The summed E-state index contributed by atoms with van der Waals surface area (Å²) in [6, 6.07) is 10.0. The molecule has 0 radical (unpaired) electrons. The van der Waals surface area contributed by atoms with E-state index in [0.717, 1.165) is 10.9 Å². The molecule has 0 saturated carbocycles. The van der Waals surface area contributed by atoms with Gasteiger partial charge in [-0.1, -0.05) is 22.5 Å². The first kappa shape index (κ1) is 18.4. The van der Waals surface area contributed by atoms with Crippen LogP contribution in [0.4, 0.5) is 10.2 Å². The van der Waals surface area contributed by atoms with Crippen LogP contribution >= 0.6 is 11.6 Å². The summed E-state index contributed by atoms with van der Waals surface area (Å²) in [5.74, 6) is -0.591. The van der Waals surface area contributed by atoms with Crippen molar-refractivity contribution >= 4 is 17.4 Å². The van der Waals surface area contributed by atoms with E-state index in [9.17, 15) is 19.7 Å². The molecular weight excluding hydrogens is 381 g/mol. The van der Waals surface area contributed by atoms with Crippen LogP contribution in [0.25, 0.3) is 5.69 Å². The number of benzene rings is 2. The van der Waals surface area contributed by atoms with Crippen molar-refractivity contribution in [3.63, 3.8) is 0 Å². The highest BCUT2D eigenvalue weighted by Crippen LogP contribution is 2.18. The van der Waals surface area contributed by atoms with Gasteiger partial charge in [-0.25, -0.2) is 4.39 Å². The third-order valence-electron chi connectivity index (χ3n) is 3.65. The zero-order chi connectivity index (χ0) is 19.6. The molecule has 1 N–H and O–H groups in total. The Kier molecular flexibility index (Phi) is 5.08. The number of ether oxygens (including phenoxy) is 1. The van der Waals surface area contributed by atoms with Gasteiger partial charge in [0.05, 0.1) is 18.8 Å². The minimum absolute atomic E-state index is 0.116. The van der Waals surface area contributed by atoms with Crippen LogP contribution in [0, 0.1) is 15.9 Å². The molecule has 9 nitrogen and oxygen atoms in total. The van der Waals surface area contributed by atoms with Crippen LogP contribution in [0.15, 0.2) is 47.5 Å². The van der Waals surface area contributed by atoms with Crippen molar-refractivity contribution < 1.29 is 19.3 Å². The van der Waals surface area contributed by atoms with Crippen LogP contribution in [0.1, 0.15) is 5.56 Å². The molecule has 0 atom stereocenters. The quantitative estimate of drug-likeness (QED) is 0.407. The molecule has 0 amide bonds. The van der Waals surface area contributed by atoms with Crippen LogP contribution < -0.4 is 10.2 Å². The first-order valence-electron chi connectivity index (χ1n) is 7.55. The normalized spacial score (nSPS) is 11.6. The molecule has 11 heteroatoms. The summed E-state index contributed by atoms with van der Waals surface area (Å²) in [7, 11) is 1.50. The molecule has 3 aromatic rings. The summed E-state index contributed by atoms with van der Waals surface area (Å²) in [6.07, 6.45) is 0. The predicted molar refractivity (Wildman–Crippen MR) is 92.6 cm³/mol. The summed E-state index contributed by atoms with van der Waals surface area (Å²) < 4.78 is 18.2. The SMILES string of the molecule is COc1ccc(-n2nc([N+](=O)[O-])c(=NCc3ccc(F)cc3Cl)n2O)cc1. The molecule has 0 unspecified atom stereocenters. The average Bonchev–Trinajstić information content (AvgIpc) is 2.98. The van der Waals surface area contributed by atoms with Gasteiger partial charge in [-0.3, -0.25) is 4.99 Å². The van der Waals surface area contributed by atoms with Gasteiger partial charge in [-0.05, 0) is 51.7 Å². The fourth-order valence-corrected chi connectivity index (χ4v) is 2.53. The van der Waals surface area contributed by atoms with E-state index in [1.54, 1.807) is 24.3 Å². The molecular formula is C16H13ClFN5O4. The summed E-state index contributed by atoms with van der Waals surface area (Å²) in [5, 5.41) is 25.5. The molecule has 3 rings (SSSR count). The van der Waals surface area contributed by atoms with Crippen molar-refractivity contribution in [2.24, 2.45) is 4.99 Å². The Morgan fingerprint density at radius 1 is 1.33 bits per heavy atom. The van der Waals surface area contributed by atoms with Crippen LogP contribution in [0.3, 0.4) is 0 Å². The molecule has 0 aliphatic rings. The topological polar surface area (TPSA) is 108 Å². The predicted octanol–water partition coefficient (Wildman–Crippen LogP) is 2.72. The Hall–Kier alpha value is -3.40. The third kappa shape index (κ3) is 3.75. The van der Waals surface area contributed by atoms with Gasteiger partial charge in [0.25, 0.3) is 5.49 Å². The Bertz CT molecular complexity index is 1060. The fraction of sp³-hybridized carbons (Fsp3) is 0.125. The highest BCUT2D eigenvalue weighted by atomic mass is 35.5. The van der Waals surface area contributed by atoms with Gasteiger partial charge in [0.2, 0.25) is 0 Å². The highest BCUT2D eigenvalue weighted by molar-refractivity contribution is 6.31. The van der Waals surface area contributed by atoms with Gasteiger partial charge in [0.15, 0.2) is 0 Å². The second-order valence-corrected chi connectivity index (χ2v) is 5.74. The first-order valence-corrected chi connectivity index (χ1v) is 7.93. The van der Waals surface area contributed by atoms with Gasteiger partial charge in [-0.2, -0.15) is 0 Å². The van der Waals surface area contributed by atoms with Crippen LogP contribution in [0.2, 0.25) is 5.02 Å². The van der Waals surface area contributed by atoms with Crippen molar-refractivity contribution in [2.45, 2.75) is 6.54 Å². The van der Waals surface area contributed by atoms with E-state index in [4.69, 9.17) is 16.3 Å². The van der Waals surface area contributed by atoms with Gasteiger partial charge in [-0.15, -0.1) is 0 Å². The minimum Gasteiger partial charge on any atom is -0.497 e. The van der Waals surface area contributed by atoms with Gasteiger partial charge in [0.1, 0.15) is 17.3 Å². The standard InChI is InChI=1S/C16H13ClFN5O4/c1-27-13-6-4-12(5-7-13)21-20-16(23(25)26)15(22(21)24)19-9-10-2-3-11(18)8-14(10)17/h2-8,24H,9H2,1H3. The van der Waals surface area contributed by atoms with Crippen molar-refractivity contribution in [1.29, 1.82) is 0 Å². The number of nitro groups is 1.